The van der Waals surface area contributed by atoms with Crippen LogP contribution in [0.3, 0.4) is 0 Å². The number of primary sulfonamides is 1. The molecular weight excluding hydrogens is 274 g/mol. The predicted octanol–water partition coefficient (Wildman–Crippen LogP) is 2.36. The molecule has 7 heteroatoms. The van der Waals surface area contributed by atoms with E-state index in [0.29, 0.717) is 5.69 Å². The molecule has 0 fully saturated rings. The third-order valence-electron chi connectivity index (χ3n) is 2.33. The number of hydrogen-bond acceptors (Lipinski definition) is 3. The average molecular weight is 284 g/mol. The molecule has 19 heavy (non-hydrogen) atoms. The largest absolute Gasteiger partial charge is 0.355 e. The number of nitrogens with two attached hydrogens (primary N) is 1. The molecule has 0 aromatic heterocycles. The number of halogens is 2. The van der Waals surface area contributed by atoms with Crippen molar-refractivity contribution in [1.29, 1.82) is 0 Å². The van der Waals surface area contributed by atoms with Crippen LogP contribution >= 0.6 is 0 Å². The van der Waals surface area contributed by atoms with Crippen LogP contribution in [0.25, 0.3) is 0 Å². The fourth-order valence-electron chi connectivity index (χ4n) is 1.52. The summed E-state index contributed by atoms with van der Waals surface area (Å²) in [5, 5.41) is 7.70. The molecule has 0 saturated carbocycles. The highest BCUT2D eigenvalue weighted by Gasteiger charge is 2.07. The fourth-order valence-corrected chi connectivity index (χ4v) is 2.04. The van der Waals surface area contributed by atoms with Crippen LogP contribution in [0.1, 0.15) is 0 Å². The van der Waals surface area contributed by atoms with E-state index in [4.69, 9.17) is 5.14 Å². The molecule has 0 unspecified atom stereocenters. The van der Waals surface area contributed by atoms with E-state index in [2.05, 4.69) is 5.32 Å². The second kappa shape index (κ2) is 4.94. The Hall–Kier alpha value is -1.99. The summed E-state index contributed by atoms with van der Waals surface area (Å²) in [5.74, 6) is -1.41. The molecule has 0 heterocycles. The number of sulfonamides is 1. The maximum atomic E-state index is 13.0. The van der Waals surface area contributed by atoms with Crippen LogP contribution in [-0.2, 0) is 10.0 Å². The van der Waals surface area contributed by atoms with Gasteiger partial charge in [0, 0.05) is 17.4 Å². The second-order valence-corrected chi connectivity index (χ2v) is 5.41. The lowest BCUT2D eigenvalue weighted by Crippen LogP contribution is -2.11. The van der Waals surface area contributed by atoms with Crippen LogP contribution in [0.2, 0.25) is 0 Å². The molecule has 0 bridgehead atoms. The first-order chi connectivity index (χ1) is 8.84. The molecule has 0 amide bonds. The van der Waals surface area contributed by atoms with Crippen molar-refractivity contribution in [3.8, 4) is 0 Å². The molecule has 0 saturated heterocycles. The van der Waals surface area contributed by atoms with Gasteiger partial charge in [-0.1, -0.05) is 0 Å². The summed E-state index contributed by atoms with van der Waals surface area (Å²) in [6, 6.07) is 8.49. The quantitative estimate of drug-likeness (QED) is 0.908. The molecule has 0 radical (unpaired) electrons. The van der Waals surface area contributed by atoms with Gasteiger partial charge in [-0.25, -0.2) is 22.3 Å². The first kappa shape index (κ1) is 13.4. The molecule has 0 spiro atoms. The van der Waals surface area contributed by atoms with Gasteiger partial charge in [-0.05, 0) is 36.4 Å². The molecule has 0 aliphatic heterocycles. The van der Waals surface area contributed by atoms with E-state index in [-0.39, 0.29) is 10.6 Å². The summed E-state index contributed by atoms with van der Waals surface area (Å²) in [6.07, 6.45) is 0. The number of anilines is 2. The molecule has 0 aliphatic carbocycles. The van der Waals surface area contributed by atoms with Gasteiger partial charge in [0.05, 0.1) is 4.90 Å². The van der Waals surface area contributed by atoms with Crippen molar-refractivity contribution < 1.29 is 17.2 Å². The van der Waals surface area contributed by atoms with Crippen molar-refractivity contribution in [2.24, 2.45) is 5.14 Å². The number of hydrogen-bond donors (Lipinski definition) is 2. The highest BCUT2D eigenvalue weighted by Crippen LogP contribution is 2.20. The summed E-state index contributed by atoms with van der Waals surface area (Å²) in [6.45, 7) is 0. The minimum absolute atomic E-state index is 0.0385. The van der Waals surface area contributed by atoms with Crippen molar-refractivity contribution in [3.63, 3.8) is 0 Å². The van der Waals surface area contributed by atoms with E-state index in [9.17, 15) is 17.2 Å². The normalized spacial score (nSPS) is 11.3. The molecule has 2 aromatic carbocycles. The maximum Gasteiger partial charge on any atom is 0.238 e. The molecule has 3 N–H and O–H groups in total. The second-order valence-electron chi connectivity index (χ2n) is 3.85. The summed E-state index contributed by atoms with van der Waals surface area (Å²) >= 11 is 0. The third kappa shape index (κ3) is 3.49. The molecule has 0 atom stereocenters. The first-order valence-corrected chi connectivity index (χ1v) is 6.75. The summed E-state index contributed by atoms with van der Waals surface area (Å²) < 4.78 is 48.1. The maximum absolute atomic E-state index is 13.0. The van der Waals surface area contributed by atoms with E-state index in [1.165, 1.54) is 24.3 Å². The molecule has 0 aliphatic rings. The molecule has 2 rings (SSSR count). The molecule has 100 valence electrons. The third-order valence-corrected chi connectivity index (χ3v) is 3.26. The number of rotatable bonds is 3. The Morgan fingerprint density at radius 3 is 1.89 bits per heavy atom. The zero-order chi connectivity index (χ0) is 14.0. The van der Waals surface area contributed by atoms with E-state index in [1.807, 2.05) is 0 Å². The minimum atomic E-state index is -3.75. The van der Waals surface area contributed by atoms with Crippen LogP contribution < -0.4 is 10.5 Å². The Kier molecular flexibility index (Phi) is 3.50. The molecular formula is C12H10F2N2O2S. The van der Waals surface area contributed by atoms with Gasteiger partial charge in [0.1, 0.15) is 11.6 Å². The highest BCUT2D eigenvalue weighted by molar-refractivity contribution is 7.89. The Labute approximate surface area is 108 Å². The fraction of sp³-hybridized carbons (Fsp3) is 0. The molecule has 2 aromatic rings. The van der Waals surface area contributed by atoms with Gasteiger partial charge < -0.3 is 5.32 Å². The van der Waals surface area contributed by atoms with Crippen LogP contribution in [0.4, 0.5) is 20.2 Å². The van der Waals surface area contributed by atoms with Crippen molar-refractivity contribution in [2.75, 3.05) is 5.32 Å². The Morgan fingerprint density at radius 2 is 1.42 bits per heavy atom. The van der Waals surface area contributed by atoms with Crippen LogP contribution in [0, 0.1) is 11.6 Å². The zero-order valence-electron chi connectivity index (χ0n) is 9.60. The lowest BCUT2D eigenvalue weighted by atomic mass is 10.2. The van der Waals surface area contributed by atoms with E-state index >= 15 is 0 Å². The van der Waals surface area contributed by atoms with Gasteiger partial charge in [-0.2, -0.15) is 0 Å². The highest BCUT2D eigenvalue weighted by atomic mass is 32.2. The lowest BCUT2D eigenvalue weighted by molar-refractivity contribution is 0.584. The summed E-state index contributed by atoms with van der Waals surface area (Å²) in [5.41, 5.74) is 0.707. The summed E-state index contributed by atoms with van der Waals surface area (Å²) in [4.78, 5) is -0.0385. The lowest BCUT2D eigenvalue weighted by Gasteiger charge is -2.07. The SMILES string of the molecule is NS(=O)(=O)c1ccc(Nc2cc(F)cc(F)c2)cc1. The monoisotopic (exact) mass is 284 g/mol. The minimum Gasteiger partial charge on any atom is -0.355 e. The van der Waals surface area contributed by atoms with Gasteiger partial charge in [0.15, 0.2) is 0 Å². The van der Waals surface area contributed by atoms with E-state index in [1.54, 1.807) is 0 Å². The van der Waals surface area contributed by atoms with E-state index < -0.39 is 21.7 Å². The predicted molar refractivity (Wildman–Crippen MR) is 67.5 cm³/mol. The van der Waals surface area contributed by atoms with E-state index in [0.717, 1.165) is 18.2 Å². The van der Waals surface area contributed by atoms with Gasteiger partial charge in [-0.3, -0.25) is 0 Å². The Morgan fingerprint density at radius 1 is 0.895 bits per heavy atom. The van der Waals surface area contributed by atoms with Crippen molar-refractivity contribution in [2.45, 2.75) is 4.90 Å². The van der Waals surface area contributed by atoms with Crippen LogP contribution in [0.5, 0.6) is 0 Å². The van der Waals surface area contributed by atoms with Gasteiger partial charge in [0.2, 0.25) is 10.0 Å². The zero-order valence-corrected chi connectivity index (χ0v) is 10.4. The Balaban J connectivity index is 2.24. The average Bonchev–Trinajstić information content (AvgIpc) is 2.26. The standard InChI is InChI=1S/C12H10F2N2O2S/c13-8-5-9(14)7-11(6-8)16-10-1-3-12(4-2-10)19(15,17)18/h1-7,16H,(H2,15,17,18). The van der Waals surface area contributed by atoms with Crippen LogP contribution in [0.15, 0.2) is 47.4 Å². The summed E-state index contributed by atoms with van der Waals surface area (Å²) in [7, 11) is -3.75. The van der Waals surface area contributed by atoms with Crippen molar-refractivity contribution >= 4 is 21.4 Å². The Bertz CT molecular complexity index is 680. The van der Waals surface area contributed by atoms with Crippen molar-refractivity contribution in [3.05, 3.63) is 54.1 Å². The smallest absolute Gasteiger partial charge is 0.238 e. The first-order valence-electron chi connectivity index (χ1n) is 5.20. The van der Waals surface area contributed by atoms with Crippen molar-refractivity contribution in [1.82, 2.24) is 0 Å². The van der Waals surface area contributed by atoms with Gasteiger partial charge in [-0.15, -0.1) is 0 Å². The van der Waals surface area contributed by atoms with Crippen LogP contribution in [-0.4, -0.2) is 8.42 Å². The molecule has 4 nitrogen and oxygen atoms in total. The topological polar surface area (TPSA) is 72.2 Å². The van der Waals surface area contributed by atoms with Gasteiger partial charge in [0.25, 0.3) is 0 Å². The van der Waals surface area contributed by atoms with Gasteiger partial charge >= 0.3 is 0 Å². The number of benzene rings is 2. The number of nitrogens with one attached hydrogen (secondary N) is 1.